The number of sulfone groups is 1. The molecule has 138 valence electrons. The Balaban J connectivity index is 1.69. The quantitative estimate of drug-likeness (QED) is 0.710. The first-order chi connectivity index (χ1) is 11.8. The van der Waals surface area contributed by atoms with Gasteiger partial charge in [0.05, 0.1) is 17.6 Å². The van der Waals surface area contributed by atoms with Crippen molar-refractivity contribution < 1.29 is 23.4 Å². The summed E-state index contributed by atoms with van der Waals surface area (Å²) < 4.78 is 23.1. The molecule has 7 nitrogen and oxygen atoms in total. The number of carbonyl (C=O) groups is 1. The molecule has 3 atom stereocenters. The van der Waals surface area contributed by atoms with Crippen LogP contribution in [0.4, 0.5) is 0 Å². The van der Waals surface area contributed by atoms with Crippen LogP contribution in [-0.2, 0) is 21.2 Å². The van der Waals surface area contributed by atoms with E-state index in [0.717, 1.165) is 18.5 Å². The molecule has 3 rings (SSSR count). The van der Waals surface area contributed by atoms with Gasteiger partial charge in [-0.15, -0.1) is 0 Å². The van der Waals surface area contributed by atoms with E-state index in [0.29, 0.717) is 19.5 Å². The van der Waals surface area contributed by atoms with Crippen molar-refractivity contribution in [3.05, 3.63) is 29.8 Å². The van der Waals surface area contributed by atoms with Crippen LogP contribution in [0.25, 0.3) is 0 Å². The molecule has 1 unspecified atom stereocenters. The van der Waals surface area contributed by atoms with Crippen LogP contribution in [0.2, 0.25) is 0 Å². The molecular weight excluding hydrogens is 344 g/mol. The Morgan fingerprint density at radius 2 is 1.92 bits per heavy atom. The van der Waals surface area contributed by atoms with Gasteiger partial charge >= 0.3 is 0 Å². The number of fused-ring (bicyclic) bond motifs is 1. The van der Waals surface area contributed by atoms with E-state index < -0.39 is 15.9 Å². The molecule has 0 aliphatic carbocycles. The molecule has 2 aliphatic rings. The van der Waals surface area contributed by atoms with Gasteiger partial charge in [-0.1, -0.05) is 12.1 Å². The predicted octanol–water partition coefficient (Wildman–Crippen LogP) is -0.381. The minimum absolute atomic E-state index is 0.0731. The second kappa shape index (κ2) is 7.03. The van der Waals surface area contributed by atoms with E-state index in [-0.39, 0.29) is 29.5 Å². The Morgan fingerprint density at radius 3 is 2.52 bits per heavy atom. The first kappa shape index (κ1) is 18.3. The lowest BCUT2D eigenvalue weighted by Gasteiger charge is -2.26. The van der Waals surface area contributed by atoms with Crippen LogP contribution in [0.15, 0.2) is 29.2 Å². The van der Waals surface area contributed by atoms with E-state index >= 15 is 0 Å². The molecule has 0 radical (unpaired) electrons. The second-order valence-corrected chi connectivity index (χ2v) is 8.91. The molecule has 2 saturated heterocycles. The smallest absolute Gasteiger partial charge is 0.224 e. The number of hydrogen-bond donors (Lipinski definition) is 2. The average molecular weight is 368 g/mol. The van der Waals surface area contributed by atoms with Crippen LogP contribution in [-0.4, -0.2) is 78.5 Å². The van der Waals surface area contributed by atoms with Crippen LogP contribution in [0.1, 0.15) is 18.4 Å². The Kier molecular flexibility index (Phi) is 5.15. The number of hydrogen-bond acceptors (Lipinski definition) is 6. The van der Waals surface area contributed by atoms with Crippen molar-refractivity contribution in [1.82, 2.24) is 9.80 Å². The molecule has 2 aliphatic heterocycles. The van der Waals surface area contributed by atoms with Crippen molar-refractivity contribution in [2.24, 2.45) is 0 Å². The number of rotatable bonds is 6. The van der Waals surface area contributed by atoms with Crippen LogP contribution in [0, 0.1) is 0 Å². The summed E-state index contributed by atoms with van der Waals surface area (Å²) >= 11 is 0. The number of aliphatic hydroxyl groups is 2. The fraction of sp³-hybridized carbons (Fsp3) is 0.588. The lowest BCUT2D eigenvalue weighted by molar-refractivity contribution is -0.129. The highest BCUT2D eigenvalue weighted by Crippen LogP contribution is 2.33. The Hall–Kier alpha value is -1.48. The monoisotopic (exact) mass is 368 g/mol. The van der Waals surface area contributed by atoms with Gasteiger partial charge < -0.3 is 15.1 Å². The number of aliphatic hydroxyl groups excluding tert-OH is 2. The minimum Gasteiger partial charge on any atom is -0.394 e. The highest BCUT2D eigenvalue weighted by Gasteiger charge is 2.46. The van der Waals surface area contributed by atoms with E-state index in [4.69, 9.17) is 5.11 Å². The van der Waals surface area contributed by atoms with Crippen molar-refractivity contribution in [2.75, 3.05) is 26.0 Å². The lowest BCUT2D eigenvalue weighted by Crippen LogP contribution is -2.40. The zero-order valence-electron chi connectivity index (χ0n) is 14.2. The van der Waals surface area contributed by atoms with Gasteiger partial charge in [0.15, 0.2) is 9.84 Å². The summed E-state index contributed by atoms with van der Waals surface area (Å²) in [4.78, 5) is 16.6. The third-order valence-corrected chi connectivity index (χ3v) is 6.22. The molecule has 8 heteroatoms. The average Bonchev–Trinajstić information content (AvgIpc) is 3.07. The number of amides is 1. The van der Waals surface area contributed by atoms with E-state index in [1.165, 1.54) is 6.26 Å². The largest absolute Gasteiger partial charge is 0.394 e. The first-order valence-corrected chi connectivity index (χ1v) is 10.3. The Bertz CT molecular complexity index is 734. The van der Waals surface area contributed by atoms with Crippen molar-refractivity contribution in [1.29, 1.82) is 0 Å². The molecule has 1 aromatic rings. The fourth-order valence-electron chi connectivity index (χ4n) is 3.81. The summed E-state index contributed by atoms with van der Waals surface area (Å²) in [6, 6.07) is 6.82. The van der Waals surface area contributed by atoms with E-state index in [9.17, 15) is 18.3 Å². The maximum absolute atomic E-state index is 12.4. The molecule has 1 aromatic carbocycles. The lowest BCUT2D eigenvalue weighted by atomic mass is 10.1. The number of likely N-dealkylation sites (tertiary alicyclic amines) is 2. The number of β-amino-alcohol motifs (C(OH)–C–C–N with tert-alkyl or cyclic N) is 1. The summed E-state index contributed by atoms with van der Waals surface area (Å²) in [5.41, 5.74) is 0.898. The molecule has 2 heterocycles. The van der Waals surface area contributed by atoms with Gasteiger partial charge in [-0.05, 0) is 24.1 Å². The summed E-state index contributed by atoms with van der Waals surface area (Å²) in [7, 11) is -3.22. The molecule has 0 spiro atoms. The standard InChI is InChI=1S/C17H24N2O5S/c1-25(23,24)14-4-2-12(3-5-14)9-19-15-6-7-18(10-13(21)11-20)16(15)8-17(19)22/h2-5,13,15-16,20-21H,6-11H2,1H3/t13?,15-,16-/m0/s1. The highest BCUT2D eigenvalue weighted by molar-refractivity contribution is 7.90. The van der Waals surface area contributed by atoms with Crippen molar-refractivity contribution in [3.8, 4) is 0 Å². The van der Waals surface area contributed by atoms with Gasteiger partial charge in [0.2, 0.25) is 5.91 Å². The van der Waals surface area contributed by atoms with Crippen LogP contribution < -0.4 is 0 Å². The van der Waals surface area contributed by atoms with Crippen molar-refractivity contribution >= 4 is 15.7 Å². The molecule has 0 aromatic heterocycles. The predicted molar refractivity (Wildman–Crippen MR) is 91.6 cm³/mol. The van der Waals surface area contributed by atoms with E-state index in [2.05, 4.69) is 4.90 Å². The third-order valence-electron chi connectivity index (χ3n) is 5.09. The van der Waals surface area contributed by atoms with Crippen molar-refractivity contribution in [2.45, 2.75) is 42.5 Å². The Morgan fingerprint density at radius 1 is 1.24 bits per heavy atom. The van der Waals surface area contributed by atoms with E-state index in [1.807, 2.05) is 4.90 Å². The van der Waals surface area contributed by atoms with Crippen LogP contribution in [0.3, 0.4) is 0 Å². The summed E-state index contributed by atoms with van der Waals surface area (Å²) in [6.45, 7) is 1.35. The first-order valence-electron chi connectivity index (χ1n) is 8.41. The maximum Gasteiger partial charge on any atom is 0.224 e. The SMILES string of the molecule is CS(=O)(=O)c1ccc(CN2C(=O)C[C@H]3[C@@H]2CCN3CC(O)CO)cc1. The molecule has 0 saturated carbocycles. The Labute approximate surface area is 147 Å². The molecule has 0 bridgehead atoms. The minimum atomic E-state index is -3.22. The summed E-state index contributed by atoms with van der Waals surface area (Å²) in [5, 5.41) is 18.7. The van der Waals surface area contributed by atoms with Crippen LogP contribution in [0.5, 0.6) is 0 Å². The molecule has 1 amide bonds. The van der Waals surface area contributed by atoms with Gasteiger partial charge in [0.1, 0.15) is 0 Å². The van der Waals surface area contributed by atoms with Gasteiger partial charge in [-0.3, -0.25) is 9.69 Å². The molecule has 2 fully saturated rings. The van der Waals surface area contributed by atoms with Gasteiger partial charge in [0.25, 0.3) is 0 Å². The molecule has 25 heavy (non-hydrogen) atoms. The zero-order chi connectivity index (χ0) is 18.2. The number of carbonyl (C=O) groups excluding carboxylic acids is 1. The second-order valence-electron chi connectivity index (χ2n) is 6.90. The molecule has 2 N–H and O–H groups in total. The van der Waals surface area contributed by atoms with Gasteiger partial charge in [-0.2, -0.15) is 0 Å². The topological polar surface area (TPSA) is 98.2 Å². The maximum atomic E-state index is 12.4. The summed E-state index contributed by atoms with van der Waals surface area (Å²) in [6.07, 6.45) is 1.65. The third kappa shape index (κ3) is 3.87. The number of nitrogens with zero attached hydrogens (tertiary/aromatic N) is 2. The van der Waals surface area contributed by atoms with Crippen LogP contribution >= 0.6 is 0 Å². The summed E-state index contributed by atoms with van der Waals surface area (Å²) in [5.74, 6) is 0.0744. The molecular formula is C17H24N2O5S. The van der Waals surface area contributed by atoms with E-state index in [1.54, 1.807) is 24.3 Å². The number of benzene rings is 1. The van der Waals surface area contributed by atoms with Crippen molar-refractivity contribution in [3.63, 3.8) is 0 Å². The zero-order valence-corrected chi connectivity index (χ0v) is 15.0. The van der Waals surface area contributed by atoms with Gasteiger partial charge in [-0.25, -0.2) is 8.42 Å². The van der Waals surface area contributed by atoms with Gasteiger partial charge in [0, 0.05) is 44.4 Å². The normalized spacial score (nSPS) is 25.4. The fourth-order valence-corrected chi connectivity index (χ4v) is 4.44. The highest BCUT2D eigenvalue weighted by atomic mass is 32.2.